The molecule has 1 fully saturated rings. The van der Waals surface area contributed by atoms with Crippen molar-refractivity contribution in [3.05, 3.63) is 0 Å². The van der Waals surface area contributed by atoms with Crippen LogP contribution in [0.15, 0.2) is 0 Å². The van der Waals surface area contributed by atoms with Gasteiger partial charge in [-0.15, -0.1) is 0 Å². The van der Waals surface area contributed by atoms with E-state index >= 15 is 0 Å². The molecule has 0 aromatic heterocycles. The van der Waals surface area contributed by atoms with Gasteiger partial charge in [-0.25, -0.2) is 0 Å². The van der Waals surface area contributed by atoms with Gasteiger partial charge in [0.15, 0.2) is 0 Å². The summed E-state index contributed by atoms with van der Waals surface area (Å²) in [5.41, 5.74) is 0. The molecule has 6 heteroatoms. The highest BCUT2D eigenvalue weighted by molar-refractivity contribution is 5.78. The summed E-state index contributed by atoms with van der Waals surface area (Å²) in [6.45, 7) is 9.15. The third-order valence-electron chi connectivity index (χ3n) is 4.07. The molecule has 0 aliphatic carbocycles. The van der Waals surface area contributed by atoms with Gasteiger partial charge in [-0.3, -0.25) is 14.5 Å². The quantitative estimate of drug-likeness (QED) is 0.609. The summed E-state index contributed by atoms with van der Waals surface area (Å²) in [5.74, 6) is 0.108. The van der Waals surface area contributed by atoms with E-state index < -0.39 is 5.97 Å². The van der Waals surface area contributed by atoms with Crippen molar-refractivity contribution in [3.8, 4) is 0 Å². The molecule has 1 rings (SSSR count). The van der Waals surface area contributed by atoms with E-state index in [9.17, 15) is 9.59 Å². The number of amides is 1. The molecule has 2 atom stereocenters. The number of rotatable bonds is 8. The molecule has 0 saturated carbocycles. The Balaban J connectivity index is 2.28. The average Bonchev–Trinajstić information content (AvgIpc) is 2.38. The maximum absolute atomic E-state index is 12.0. The van der Waals surface area contributed by atoms with Crippen LogP contribution in [-0.4, -0.2) is 60.6 Å². The third kappa shape index (κ3) is 7.43. The van der Waals surface area contributed by atoms with Gasteiger partial charge in [-0.2, -0.15) is 0 Å². The second-order valence-electron chi connectivity index (χ2n) is 6.37. The highest BCUT2D eigenvalue weighted by Crippen LogP contribution is 2.15. The highest BCUT2D eigenvalue weighted by Gasteiger charge is 2.22. The predicted octanol–water partition coefficient (Wildman–Crippen LogP) is 0.533. The van der Waals surface area contributed by atoms with Gasteiger partial charge in [-0.05, 0) is 44.7 Å². The van der Waals surface area contributed by atoms with E-state index in [1.54, 1.807) is 0 Å². The Morgan fingerprint density at radius 2 is 2.05 bits per heavy atom. The second-order valence-corrected chi connectivity index (χ2v) is 6.37. The van der Waals surface area contributed by atoms with Crippen molar-refractivity contribution in [1.29, 1.82) is 0 Å². The van der Waals surface area contributed by atoms with Crippen LogP contribution in [0.3, 0.4) is 0 Å². The number of hydrogen-bond donors (Lipinski definition) is 3. The summed E-state index contributed by atoms with van der Waals surface area (Å²) in [7, 11) is 0. The van der Waals surface area contributed by atoms with Gasteiger partial charge in [0, 0.05) is 12.6 Å². The molecule has 0 bridgehead atoms. The standard InChI is InChI=1S/C15H29N3O3/c1-11(2)12(3)17-14(19)10-18-6-4-5-13(9-18)7-16-8-15(20)21/h11-13,16H,4-10H2,1-3H3,(H,17,19)(H,20,21). The summed E-state index contributed by atoms with van der Waals surface area (Å²) in [4.78, 5) is 24.6. The minimum atomic E-state index is -0.829. The van der Waals surface area contributed by atoms with Crippen molar-refractivity contribution in [2.24, 2.45) is 11.8 Å². The zero-order valence-corrected chi connectivity index (χ0v) is 13.4. The van der Waals surface area contributed by atoms with Crippen molar-refractivity contribution in [1.82, 2.24) is 15.5 Å². The lowest BCUT2D eigenvalue weighted by Crippen LogP contribution is -2.47. The monoisotopic (exact) mass is 299 g/mol. The minimum Gasteiger partial charge on any atom is -0.480 e. The van der Waals surface area contributed by atoms with E-state index in [4.69, 9.17) is 5.11 Å². The first-order chi connectivity index (χ1) is 9.88. The molecule has 1 saturated heterocycles. The fourth-order valence-corrected chi connectivity index (χ4v) is 2.51. The van der Waals surface area contributed by atoms with Gasteiger partial charge in [0.1, 0.15) is 0 Å². The number of carboxylic acids is 1. The molecular formula is C15H29N3O3. The second kappa shape index (κ2) is 9.00. The Labute approximate surface area is 127 Å². The number of carbonyl (C=O) groups excluding carboxylic acids is 1. The first-order valence-electron chi connectivity index (χ1n) is 7.82. The van der Waals surface area contributed by atoms with Crippen LogP contribution in [-0.2, 0) is 9.59 Å². The van der Waals surface area contributed by atoms with E-state index in [2.05, 4.69) is 29.4 Å². The molecule has 0 spiro atoms. The van der Waals surface area contributed by atoms with Crippen LogP contribution < -0.4 is 10.6 Å². The van der Waals surface area contributed by atoms with Crippen LogP contribution in [0, 0.1) is 11.8 Å². The van der Waals surface area contributed by atoms with Crippen molar-refractivity contribution >= 4 is 11.9 Å². The van der Waals surface area contributed by atoms with Gasteiger partial charge < -0.3 is 15.7 Å². The zero-order chi connectivity index (χ0) is 15.8. The molecule has 0 aromatic carbocycles. The predicted molar refractivity (Wildman–Crippen MR) is 82.1 cm³/mol. The summed E-state index contributed by atoms with van der Waals surface area (Å²) in [6, 6.07) is 0.190. The molecule has 21 heavy (non-hydrogen) atoms. The van der Waals surface area contributed by atoms with Crippen LogP contribution in [0.4, 0.5) is 0 Å². The van der Waals surface area contributed by atoms with E-state index in [1.165, 1.54) is 0 Å². The van der Waals surface area contributed by atoms with Crippen LogP contribution in [0.5, 0.6) is 0 Å². The number of nitrogens with zero attached hydrogens (tertiary/aromatic N) is 1. The van der Waals surface area contributed by atoms with Crippen molar-refractivity contribution in [2.75, 3.05) is 32.7 Å². The van der Waals surface area contributed by atoms with E-state index in [1.807, 2.05) is 6.92 Å². The van der Waals surface area contributed by atoms with E-state index in [0.717, 1.165) is 25.9 Å². The SMILES string of the molecule is CC(C)C(C)NC(=O)CN1CCCC(CNCC(=O)O)C1. The molecule has 122 valence electrons. The van der Waals surface area contributed by atoms with Gasteiger partial charge in [0.2, 0.25) is 5.91 Å². The van der Waals surface area contributed by atoms with Crippen LogP contribution >= 0.6 is 0 Å². The molecule has 0 aromatic rings. The fraction of sp³-hybridized carbons (Fsp3) is 0.867. The normalized spacial score (nSPS) is 21.2. The van der Waals surface area contributed by atoms with Crippen molar-refractivity contribution in [2.45, 2.75) is 39.7 Å². The zero-order valence-electron chi connectivity index (χ0n) is 13.4. The molecular weight excluding hydrogens is 270 g/mol. The summed E-state index contributed by atoms with van der Waals surface area (Å²) in [6.07, 6.45) is 2.15. The largest absolute Gasteiger partial charge is 0.480 e. The van der Waals surface area contributed by atoms with Gasteiger partial charge in [0.25, 0.3) is 0 Å². The third-order valence-corrected chi connectivity index (χ3v) is 4.07. The van der Waals surface area contributed by atoms with Crippen LogP contribution in [0.2, 0.25) is 0 Å². The lowest BCUT2D eigenvalue weighted by molar-refractivity contribution is -0.136. The fourth-order valence-electron chi connectivity index (χ4n) is 2.51. The topological polar surface area (TPSA) is 81.7 Å². The Morgan fingerprint density at radius 3 is 2.67 bits per heavy atom. The summed E-state index contributed by atoms with van der Waals surface area (Å²) < 4.78 is 0. The molecule has 1 aliphatic rings. The molecule has 6 nitrogen and oxygen atoms in total. The molecule has 3 N–H and O–H groups in total. The number of aliphatic carboxylic acids is 1. The molecule has 1 amide bonds. The number of carboxylic acid groups (broad SMARTS) is 1. The number of nitrogens with one attached hydrogen (secondary N) is 2. The first kappa shape index (κ1) is 17.9. The summed E-state index contributed by atoms with van der Waals surface area (Å²) in [5, 5.41) is 14.6. The van der Waals surface area contributed by atoms with E-state index in [-0.39, 0.29) is 18.5 Å². The summed E-state index contributed by atoms with van der Waals surface area (Å²) >= 11 is 0. The van der Waals surface area contributed by atoms with Crippen molar-refractivity contribution < 1.29 is 14.7 Å². The maximum atomic E-state index is 12.0. The van der Waals surface area contributed by atoms with Gasteiger partial charge in [-0.1, -0.05) is 13.8 Å². The van der Waals surface area contributed by atoms with E-state index in [0.29, 0.717) is 24.9 Å². The van der Waals surface area contributed by atoms with Crippen LogP contribution in [0.1, 0.15) is 33.6 Å². The maximum Gasteiger partial charge on any atom is 0.317 e. The Hall–Kier alpha value is -1.14. The lowest BCUT2D eigenvalue weighted by Gasteiger charge is -2.32. The molecule has 2 unspecified atom stereocenters. The Morgan fingerprint density at radius 1 is 1.33 bits per heavy atom. The number of piperidine rings is 1. The van der Waals surface area contributed by atoms with Gasteiger partial charge >= 0.3 is 5.97 Å². The lowest BCUT2D eigenvalue weighted by atomic mass is 9.98. The minimum absolute atomic E-state index is 0.00287. The average molecular weight is 299 g/mol. The number of hydrogen-bond acceptors (Lipinski definition) is 4. The Kier molecular flexibility index (Phi) is 7.67. The van der Waals surface area contributed by atoms with Crippen molar-refractivity contribution in [3.63, 3.8) is 0 Å². The van der Waals surface area contributed by atoms with Crippen LogP contribution in [0.25, 0.3) is 0 Å². The highest BCUT2D eigenvalue weighted by atomic mass is 16.4. The number of likely N-dealkylation sites (tertiary alicyclic amines) is 1. The molecule has 0 radical (unpaired) electrons. The first-order valence-corrected chi connectivity index (χ1v) is 7.82. The molecule has 1 aliphatic heterocycles. The van der Waals surface area contributed by atoms with Gasteiger partial charge in [0.05, 0.1) is 13.1 Å². The Bertz CT molecular complexity index is 347. The smallest absolute Gasteiger partial charge is 0.317 e. The number of carbonyl (C=O) groups is 2. The molecule has 1 heterocycles.